The molecule has 2 N–H and O–H groups in total. The van der Waals surface area contributed by atoms with E-state index in [1.165, 1.54) is 36.8 Å². The van der Waals surface area contributed by atoms with Crippen molar-refractivity contribution in [3.63, 3.8) is 0 Å². The van der Waals surface area contributed by atoms with Crippen LogP contribution in [0, 0.1) is 5.92 Å². The number of aromatic nitrogens is 2. The topological polar surface area (TPSA) is 64.2 Å². The first-order valence-corrected chi connectivity index (χ1v) is 8.23. The minimum Gasteiger partial charge on any atom is -0.371 e. The number of nitrogens with two attached hydrogens (primary N) is 1. The summed E-state index contributed by atoms with van der Waals surface area (Å²) in [6, 6.07) is 1.71. The van der Waals surface area contributed by atoms with Crippen LogP contribution in [0.3, 0.4) is 0 Å². The molecule has 1 unspecified atom stereocenters. The largest absolute Gasteiger partial charge is 0.371 e. The van der Waals surface area contributed by atoms with Gasteiger partial charge in [-0.05, 0) is 32.6 Å². The van der Waals surface area contributed by atoms with Crippen molar-refractivity contribution in [3.05, 3.63) is 22.6 Å². The number of hydrogen-bond acceptors (Lipinski definition) is 4. The molecule has 21 heavy (non-hydrogen) atoms. The van der Waals surface area contributed by atoms with E-state index in [0.717, 1.165) is 18.8 Å². The summed E-state index contributed by atoms with van der Waals surface area (Å²) in [4.78, 5) is 14.3. The fourth-order valence-electron chi connectivity index (χ4n) is 3.23. The van der Waals surface area contributed by atoms with Gasteiger partial charge in [-0.2, -0.15) is 5.10 Å². The third-order valence-electron chi connectivity index (χ3n) is 4.62. The summed E-state index contributed by atoms with van der Waals surface area (Å²) >= 11 is 0. The predicted molar refractivity (Wildman–Crippen MR) is 86.6 cm³/mol. The van der Waals surface area contributed by atoms with Gasteiger partial charge in [0.05, 0.1) is 18.4 Å². The fraction of sp³-hybridized carbons (Fsp3) is 0.750. The van der Waals surface area contributed by atoms with E-state index in [9.17, 15) is 4.79 Å². The summed E-state index contributed by atoms with van der Waals surface area (Å²) < 4.78 is 1.52. The van der Waals surface area contributed by atoms with Crippen LogP contribution in [-0.4, -0.2) is 28.9 Å². The second kappa shape index (κ2) is 7.59. The molecule has 118 valence electrons. The minimum absolute atomic E-state index is 0.0369. The molecule has 0 amide bonds. The first kappa shape index (κ1) is 16.0. The first-order valence-electron chi connectivity index (χ1n) is 8.23. The Balaban J connectivity index is 2.05. The molecule has 1 aromatic rings. The van der Waals surface area contributed by atoms with Crippen molar-refractivity contribution in [1.82, 2.24) is 9.78 Å². The van der Waals surface area contributed by atoms with Crippen LogP contribution in [0.5, 0.6) is 0 Å². The minimum atomic E-state index is -0.0503. The monoisotopic (exact) mass is 292 g/mol. The molecule has 0 radical (unpaired) electrons. The van der Waals surface area contributed by atoms with Crippen molar-refractivity contribution in [2.45, 2.75) is 58.5 Å². The summed E-state index contributed by atoms with van der Waals surface area (Å²) in [6.45, 7) is 6.44. The molecule has 0 spiro atoms. The molecule has 1 aliphatic rings. The lowest BCUT2D eigenvalue weighted by Crippen LogP contribution is -2.39. The second-order valence-electron chi connectivity index (χ2n) is 5.97. The summed E-state index contributed by atoms with van der Waals surface area (Å²) in [5.41, 5.74) is 7.13. The summed E-state index contributed by atoms with van der Waals surface area (Å²) in [7, 11) is 0. The molecule has 1 heterocycles. The van der Waals surface area contributed by atoms with Crippen molar-refractivity contribution in [3.8, 4) is 0 Å². The van der Waals surface area contributed by atoms with E-state index < -0.39 is 0 Å². The highest BCUT2D eigenvalue weighted by Crippen LogP contribution is 2.26. The smallest absolute Gasteiger partial charge is 0.268 e. The quantitative estimate of drug-likeness (QED) is 0.871. The normalized spacial score (nSPS) is 17.7. The van der Waals surface area contributed by atoms with E-state index in [1.54, 1.807) is 12.3 Å². The molecular weight excluding hydrogens is 264 g/mol. The maximum Gasteiger partial charge on any atom is 0.268 e. The lowest BCUT2D eigenvalue weighted by atomic mass is 9.84. The molecule has 0 saturated heterocycles. The van der Waals surface area contributed by atoms with Gasteiger partial charge in [-0.25, -0.2) is 4.68 Å². The molecular formula is C16H28N4O. The van der Waals surface area contributed by atoms with Crippen LogP contribution in [0.15, 0.2) is 17.1 Å². The van der Waals surface area contributed by atoms with Crippen molar-refractivity contribution in [2.24, 2.45) is 11.7 Å². The summed E-state index contributed by atoms with van der Waals surface area (Å²) in [5, 5.41) is 4.31. The van der Waals surface area contributed by atoms with Crippen LogP contribution in [0.25, 0.3) is 0 Å². The number of anilines is 1. The van der Waals surface area contributed by atoms with Crippen molar-refractivity contribution in [2.75, 3.05) is 18.0 Å². The van der Waals surface area contributed by atoms with E-state index in [2.05, 4.69) is 23.8 Å². The Morgan fingerprint density at radius 1 is 1.33 bits per heavy atom. The molecule has 1 aliphatic carbocycles. The maximum atomic E-state index is 12.2. The van der Waals surface area contributed by atoms with Crippen LogP contribution in [0.4, 0.5) is 5.69 Å². The Bertz CT molecular complexity index is 489. The predicted octanol–water partition coefficient (Wildman–Crippen LogP) is 2.00. The van der Waals surface area contributed by atoms with Gasteiger partial charge in [-0.15, -0.1) is 0 Å². The molecule has 1 fully saturated rings. The zero-order valence-corrected chi connectivity index (χ0v) is 13.3. The molecule has 0 bridgehead atoms. The van der Waals surface area contributed by atoms with Gasteiger partial charge >= 0.3 is 0 Å². The second-order valence-corrected chi connectivity index (χ2v) is 5.97. The van der Waals surface area contributed by atoms with E-state index in [1.807, 2.05) is 0 Å². The van der Waals surface area contributed by atoms with Crippen LogP contribution >= 0.6 is 0 Å². The Labute approximate surface area is 127 Å². The third-order valence-corrected chi connectivity index (χ3v) is 4.62. The molecule has 0 aliphatic heterocycles. The summed E-state index contributed by atoms with van der Waals surface area (Å²) in [5.74, 6) is 0.537. The molecule has 5 nitrogen and oxygen atoms in total. The van der Waals surface area contributed by atoms with Gasteiger partial charge in [0.25, 0.3) is 5.56 Å². The van der Waals surface area contributed by atoms with Gasteiger partial charge in [0, 0.05) is 25.2 Å². The van der Waals surface area contributed by atoms with Gasteiger partial charge in [-0.1, -0.05) is 19.3 Å². The average molecular weight is 292 g/mol. The maximum absolute atomic E-state index is 12.2. The van der Waals surface area contributed by atoms with Gasteiger partial charge in [0.1, 0.15) is 0 Å². The third kappa shape index (κ3) is 4.06. The molecule has 1 saturated carbocycles. The Hall–Kier alpha value is -1.36. The van der Waals surface area contributed by atoms with Gasteiger partial charge in [-0.3, -0.25) is 4.79 Å². The number of rotatable bonds is 6. The van der Waals surface area contributed by atoms with E-state index >= 15 is 0 Å². The highest BCUT2D eigenvalue weighted by molar-refractivity contribution is 5.42. The Kier molecular flexibility index (Phi) is 5.79. The molecule has 0 aromatic carbocycles. The first-order chi connectivity index (χ1) is 10.2. The van der Waals surface area contributed by atoms with E-state index in [-0.39, 0.29) is 11.6 Å². The van der Waals surface area contributed by atoms with Crippen molar-refractivity contribution >= 4 is 5.69 Å². The zero-order valence-electron chi connectivity index (χ0n) is 13.3. The zero-order chi connectivity index (χ0) is 15.2. The molecule has 5 heteroatoms. The Morgan fingerprint density at radius 3 is 2.57 bits per heavy atom. The van der Waals surface area contributed by atoms with E-state index in [0.29, 0.717) is 12.5 Å². The fourth-order valence-corrected chi connectivity index (χ4v) is 3.23. The standard InChI is InChI=1S/C16H28N4O/c1-3-19(4-2)14-10-16(21)20(18-11-14)12-15(17)13-8-6-5-7-9-13/h10-11,13,15H,3-9,12,17H2,1-2H3. The van der Waals surface area contributed by atoms with Crippen LogP contribution < -0.4 is 16.2 Å². The Morgan fingerprint density at radius 2 is 2.00 bits per heavy atom. The van der Waals surface area contributed by atoms with Crippen LogP contribution in [0.1, 0.15) is 46.0 Å². The van der Waals surface area contributed by atoms with Crippen molar-refractivity contribution in [1.29, 1.82) is 0 Å². The lowest BCUT2D eigenvalue weighted by molar-refractivity contribution is 0.277. The van der Waals surface area contributed by atoms with Gasteiger partial charge in [0.15, 0.2) is 0 Å². The average Bonchev–Trinajstić information content (AvgIpc) is 2.52. The number of hydrogen-bond donors (Lipinski definition) is 1. The van der Waals surface area contributed by atoms with E-state index in [4.69, 9.17) is 5.73 Å². The van der Waals surface area contributed by atoms with Gasteiger partial charge < -0.3 is 10.6 Å². The SMILES string of the molecule is CCN(CC)c1cnn(CC(N)C2CCCCC2)c(=O)c1. The molecule has 2 rings (SSSR count). The number of nitrogens with zero attached hydrogens (tertiary/aromatic N) is 3. The van der Waals surface area contributed by atoms with Crippen molar-refractivity contribution < 1.29 is 0 Å². The highest BCUT2D eigenvalue weighted by atomic mass is 16.1. The molecule has 1 aromatic heterocycles. The highest BCUT2D eigenvalue weighted by Gasteiger charge is 2.21. The van der Waals surface area contributed by atoms with Crippen LogP contribution in [0.2, 0.25) is 0 Å². The van der Waals surface area contributed by atoms with Gasteiger partial charge in [0.2, 0.25) is 0 Å². The van der Waals surface area contributed by atoms with Crippen LogP contribution in [-0.2, 0) is 6.54 Å². The molecule has 1 atom stereocenters. The lowest BCUT2D eigenvalue weighted by Gasteiger charge is -2.27. The summed E-state index contributed by atoms with van der Waals surface area (Å²) in [6.07, 6.45) is 8.01.